The number of hydrogen-bond donors (Lipinski definition) is 2. The molecule has 1 aliphatic carbocycles. The highest BCUT2D eigenvalue weighted by atomic mass is 32.1. The van der Waals surface area contributed by atoms with E-state index in [0.717, 1.165) is 32.7 Å². The Bertz CT molecular complexity index is 3560. The fraction of sp³-hybridized carbons (Fsp3) is 0.0175. The number of hydrogen-bond acceptors (Lipinski definition) is 4. The number of thiophene rings is 2. The topological polar surface area (TPSA) is 40.5 Å². The van der Waals surface area contributed by atoms with Gasteiger partial charge in [0.05, 0.1) is 5.41 Å². The quantitative estimate of drug-likeness (QED) is 0.186. The van der Waals surface area contributed by atoms with Crippen molar-refractivity contribution in [3.63, 3.8) is 0 Å². The second kappa shape index (κ2) is 12.9. The predicted molar refractivity (Wildman–Crippen MR) is 259 cm³/mol. The number of fused-ring (bicyclic) bond motifs is 11. The Morgan fingerprint density at radius 3 is 1.25 bits per heavy atom. The fourth-order valence-corrected chi connectivity index (χ4v) is 12.8. The predicted octanol–water partition coefficient (Wildman–Crippen LogP) is 15.8. The van der Waals surface area contributed by atoms with Crippen molar-refractivity contribution >= 4 is 84.6 Å². The van der Waals surface area contributed by atoms with Gasteiger partial charge in [0, 0.05) is 40.3 Å². The van der Waals surface area contributed by atoms with Gasteiger partial charge in [0.1, 0.15) is 11.5 Å². The molecule has 0 amide bonds. The molecule has 2 heterocycles. The highest BCUT2D eigenvalue weighted by Crippen LogP contribution is 2.59. The maximum atomic E-state index is 10.5. The number of benzene rings is 10. The first-order valence-corrected chi connectivity index (χ1v) is 22.2. The van der Waals surface area contributed by atoms with Crippen molar-refractivity contribution in [3.05, 3.63) is 216 Å². The zero-order valence-electron chi connectivity index (χ0n) is 32.7. The molecule has 12 aromatic rings. The molecule has 0 atom stereocenters. The molecule has 0 unspecified atom stereocenters. The average molecular weight is 815 g/mol. The smallest absolute Gasteiger partial charge is 0.116 e. The third-order valence-electron chi connectivity index (χ3n) is 13.1. The van der Waals surface area contributed by atoms with Gasteiger partial charge in [0.25, 0.3) is 0 Å². The lowest BCUT2D eigenvalue weighted by atomic mass is 9.66. The SMILES string of the molecule is Oc1ccc2cc(C3(c4ccc5cc(O)ccc5c4)c4cc(-c5cccc6c5sc5ccccc56)ccc4-c4ccc(-c5cccc6c5sc5ccccc56)cc43)ccc2c1. The molecule has 2 nitrogen and oxygen atoms in total. The minimum atomic E-state index is -0.739. The molecular weight excluding hydrogens is 781 g/mol. The van der Waals surface area contributed by atoms with E-state index in [0.29, 0.717) is 0 Å². The highest BCUT2D eigenvalue weighted by molar-refractivity contribution is 7.26. The van der Waals surface area contributed by atoms with Crippen molar-refractivity contribution in [3.8, 4) is 44.9 Å². The molecule has 0 bridgehead atoms. The summed E-state index contributed by atoms with van der Waals surface area (Å²) in [6, 6.07) is 70.0. The summed E-state index contributed by atoms with van der Waals surface area (Å²) in [5.41, 5.74) is 11.3. The molecule has 0 saturated heterocycles. The summed E-state index contributed by atoms with van der Waals surface area (Å²) in [6.45, 7) is 0. The van der Waals surface area contributed by atoms with Crippen molar-refractivity contribution in [1.82, 2.24) is 0 Å². The van der Waals surface area contributed by atoms with Crippen molar-refractivity contribution in [1.29, 1.82) is 0 Å². The second-order valence-electron chi connectivity index (χ2n) is 16.3. The second-order valence-corrected chi connectivity index (χ2v) is 18.4. The molecule has 1 aliphatic rings. The number of phenolic OH excluding ortho intramolecular Hbond substituents is 2. The molecule has 0 spiro atoms. The summed E-state index contributed by atoms with van der Waals surface area (Å²) in [4.78, 5) is 0. The van der Waals surface area contributed by atoms with Gasteiger partial charge in [-0.15, -0.1) is 22.7 Å². The molecule has 10 aromatic carbocycles. The van der Waals surface area contributed by atoms with Crippen LogP contribution in [-0.4, -0.2) is 10.2 Å². The molecule has 13 rings (SSSR count). The van der Waals surface area contributed by atoms with Gasteiger partial charge in [0.15, 0.2) is 0 Å². The fourth-order valence-electron chi connectivity index (χ4n) is 10.3. The first kappa shape index (κ1) is 34.6. The van der Waals surface area contributed by atoms with Gasteiger partial charge in [-0.25, -0.2) is 0 Å². The maximum Gasteiger partial charge on any atom is 0.116 e. The number of aromatic hydroxyl groups is 2. The van der Waals surface area contributed by atoms with Crippen LogP contribution in [0.25, 0.3) is 95.3 Å². The first-order chi connectivity index (χ1) is 30.0. The van der Waals surface area contributed by atoms with Crippen LogP contribution < -0.4 is 0 Å². The molecule has 0 saturated carbocycles. The van der Waals surface area contributed by atoms with Gasteiger partial charge < -0.3 is 10.2 Å². The lowest BCUT2D eigenvalue weighted by molar-refractivity contribution is 0.475. The van der Waals surface area contributed by atoms with Crippen molar-refractivity contribution in [2.75, 3.05) is 0 Å². The molecule has 0 radical (unpaired) electrons. The molecule has 0 fully saturated rings. The molecular formula is C57H34O2S2. The van der Waals surface area contributed by atoms with Gasteiger partial charge in [-0.3, -0.25) is 0 Å². The van der Waals surface area contributed by atoms with Gasteiger partial charge in [-0.2, -0.15) is 0 Å². The van der Waals surface area contributed by atoms with Crippen LogP contribution in [0.5, 0.6) is 11.5 Å². The normalized spacial score (nSPS) is 13.2. The lowest BCUT2D eigenvalue weighted by Crippen LogP contribution is -2.28. The molecule has 4 heteroatoms. The molecule has 61 heavy (non-hydrogen) atoms. The van der Waals surface area contributed by atoms with E-state index in [4.69, 9.17) is 0 Å². The van der Waals surface area contributed by atoms with Crippen LogP contribution in [0.1, 0.15) is 22.3 Å². The Labute approximate surface area is 359 Å². The highest BCUT2D eigenvalue weighted by Gasteiger charge is 2.47. The number of rotatable bonds is 4. The maximum absolute atomic E-state index is 10.5. The van der Waals surface area contributed by atoms with Gasteiger partial charge in [-0.1, -0.05) is 133 Å². The minimum absolute atomic E-state index is 0.254. The van der Waals surface area contributed by atoms with Gasteiger partial charge >= 0.3 is 0 Å². The molecule has 2 N–H and O–H groups in total. The van der Waals surface area contributed by atoms with E-state index < -0.39 is 5.41 Å². The summed E-state index contributed by atoms with van der Waals surface area (Å²) in [6.07, 6.45) is 0. The Morgan fingerprint density at radius 2 is 0.754 bits per heavy atom. The summed E-state index contributed by atoms with van der Waals surface area (Å²) in [5, 5.41) is 30.3. The van der Waals surface area contributed by atoms with E-state index in [9.17, 15) is 10.2 Å². The van der Waals surface area contributed by atoms with Crippen molar-refractivity contribution in [2.45, 2.75) is 5.41 Å². The largest absolute Gasteiger partial charge is 0.508 e. The average Bonchev–Trinajstić information content (AvgIpc) is 3.97. The van der Waals surface area contributed by atoms with E-state index in [-0.39, 0.29) is 11.5 Å². The Morgan fingerprint density at radius 1 is 0.328 bits per heavy atom. The monoisotopic (exact) mass is 814 g/mol. The Kier molecular flexibility index (Phi) is 7.31. The van der Waals surface area contributed by atoms with Crippen LogP contribution in [0, 0.1) is 0 Å². The Hall–Kier alpha value is -7.24. The number of phenols is 2. The zero-order chi connectivity index (χ0) is 40.4. The van der Waals surface area contributed by atoms with Crippen LogP contribution >= 0.6 is 22.7 Å². The summed E-state index contributed by atoms with van der Waals surface area (Å²) in [5.74, 6) is 0.508. The van der Waals surface area contributed by atoms with Crippen LogP contribution in [0.3, 0.4) is 0 Å². The lowest BCUT2D eigenvalue weighted by Gasteiger charge is -2.35. The first-order valence-electron chi connectivity index (χ1n) is 20.6. The van der Waals surface area contributed by atoms with Crippen LogP contribution in [0.2, 0.25) is 0 Å². The van der Waals surface area contributed by atoms with E-state index in [2.05, 4.69) is 158 Å². The van der Waals surface area contributed by atoms with E-state index in [1.54, 1.807) is 12.1 Å². The van der Waals surface area contributed by atoms with Gasteiger partial charge in [-0.05, 0) is 138 Å². The van der Waals surface area contributed by atoms with Crippen LogP contribution in [0.15, 0.2) is 194 Å². The third-order valence-corrected chi connectivity index (χ3v) is 15.5. The Balaban J connectivity index is 1.14. The van der Waals surface area contributed by atoms with Crippen LogP contribution in [-0.2, 0) is 5.41 Å². The summed E-state index contributed by atoms with van der Waals surface area (Å²) < 4.78 is 5.16. The van der Waals surface area contributed by atoms with E-state index in [1.165, 1.54) is 84.9 Å². The van der Waals surface area contributed by atoms with E-state index in [1.807, 2.05) is 46.9 Å². The molecule has 2 aromatic heterocycles. The zero-order valence-corrected chi connectivity index (χ0v) is 34.3. The van der Waals surface area contributed by atoms with Gasteiger partial charge in [0.2, 0.25) is 0 Å². The van der Waals surface area contributed by atoms with Crippen LogP contribution in [0.4, 0.5) is 0 Å². The molecule has 286 valence electrons. The molecule has 0 aliphatic heterocycles. The van der Waals surface area contributed by atoms with E-state index >= 15 is 0 Å². The van der Waals surface area contributed by atoms with Crippen molar-refractivity contribution in [2.24, 2.45) is 0 Å². The standard InChI is InChI=1S/C57H34O2S2/c58-41-23-17-33-27-39(21-15-35(33)29-41)57(40-22-16-36-30-42(59)24-18-34(36)28-40)51-31-37(43-9-5-11-49-47-7-1-3-13-53(47)60-55(43)49)19-25-45(51)46-26-20-38(32-52(46)57)44-10-6-12-50-48-8-2-4-14-54(48)61-56(44)50/h1-32,58-59H. The van der Waals surface area contributed by atoms with Crippen molar-refractivity contribution < 1.29 is 10.2 Å². The third kappa shape index (κ3) is 5.01. The summed E-state index contributed by atoms with van der Waals surface area (Å²) in [7, 11) is 0. The summed E-state index contributed by atoms with van der Waals surface area (Å²) >= 11 is 3.73. The minimum Gasteiger partial charge on any atom is -0.508 e.